The van der Waals surface area contributed by atoms with Gasteiger partial charge in [-0.3, -0.25) is 24.1 Å². The second kappa shape index (κ2) is 11.6. The summed E-state index contributed by atoms with van der Waals surface area (Å²) >= 11 is 0.735. The molecule has 10 heteroatoms. The largest absolute Gasteiger partial charge is 0.490 e. The number of aryl methyl sites for hydroxylation is 1. The molecule has 2 aromatic carbocycles. The van der Waals surface area contributed by atoms with E-state index in [1.54, 1.807) is 18.2 Å². The monoisotopic (exact) mass is 498 g/mol. The van der Waals surface area contributed by atoms with Crippen molar-refractivity contribution in [2.24, 2.45) is 0 Å². The number of nitrogens with zero attached hydrogens (tertiary/aromatic N) is 1. The molecule has 184 valence electrons. The van der Waals surface area contributed by atoms with Crippen LogP contribution in [0.3, 0.4) is 0 Å². The fourth-order valence-electron chi connectivity index (χ4n) is 3.20. The number of nitrogens with one attached hydrogen (secondary N) is 1. The number of hydrogen-bond donors (Lipinski definition) is 1. The third-order valence-corrected chi connectivity index (χ3v) is 6.10. The summed E-state index contributed by atoms with van der Waals surface area (Å²) in [7, 11) is 1.18. The molecule has 0 aromatic heterocycles. The van der Waals surface area contributed by atoms with Gasteiger partial charge in [-0.25, -0.2) is 0 Å². The first kappa shape index (κ1) is 25.8. The van der Waals surface area contributed by atoms with E-state index in [4.69, 9.17) is 9.47 Å². The molecule has 3 amide bonds. The molecule has 0 radical (unpaired) electrons. The second-order valence-electron chi connectivity index (χ2n) is 7.57. The molecule has 2 aromatic rings. The van der Waals surface area contributed by atoms with Gasteiger partial charge in [-0.15, -0.1) is 0 Å². The average molecular weight is 499 g/mol. The molecule has 9 nitrogen and oxygen atoms in total. The molecule has 1 saturated heterocycles. The van der Waals surface area contributed by atoms with Gasteiger partial charge in [-0.2, -0.15) is 0 Å². The number of benzene rings is 2. The molecule has 0 spiro atoms. The van der Waals surface area contributed by atoms with E-state index in [1.807, 2.05) is 39.0 Å². The van der Waals surface area contributed by atoms with Crippen LogP contribution in [0.1, 0.15) is 23.6 Å². The first-order valence-electron chi connectivity index (χ1n) is 10.8. The van der Waals surface area contributed by atoms with Crippen molar-refractivity contribution in [3.63, 3.8) is 0 Å². The van der Waals surface area contributed by atoms with Crippen molar-refractivity contribution in [2.45, 2.75) is 20.8 Å². The van der Waals surface area contributed by atoms with Crippen LogP contribution in [0.4, 0.5) is 10.5 Å². The highest BCUT2D eigenvalue weighted by Gasteiger charge is 2.36. The number of carbonyl (C=O) groups excluding carboxylic acids is 4. The first-order valence-corrected chi connectivity index (χ1v) is 11.6. The Labute approximate surface area is 207 Å². The van der Waals surface area contributed by atoms with Crippen molar-refractivity contribution < 1.29 is 33.4 Å². The van der Waals surface area contributed by atoms with E-state index >= 15 is 0 Å². The van der Waals surface area contributed by atoms with Gasteiger partial charge >= 0.3 is 5.97 Å². The zero-order valence-electron chi connectivity index (χ0n) is 19.9. The van der Waals surface area contributed by atoms with Crippen LogP contribution in [-0.4, -0.2) is 54.8 Å². The number of amides is 3. The van der Waals surface area contributed by atoms with Crippen molar-refractivity contribution in [1.82, 2.24) is 4.90 Å². The lowest BCUT2D eigenvalue weighted by atomic mass is 10.1. The lowest BCUT2D eigenvalue weighted by Gasteiger charge is -2.14. The molecule has 0 aliphatic carbocycles. The van der Waals surface area contributed by atoms with Gasteiger partial charge in [0.25, 0.3) is 17.1 Å². The van der Waals surface area contributed by atoms with Crippen molar-refractivity contribution in [3.8, 4) is 11.5 Å². The summed E-state index contributed by atoms with van der Waals surface area (Å²) in [5.41, 5.74) is 3.36. The van der Waals surface area contributed by atoms with Crippen LogP contribution < -0.4 is 14.8 Å². The summed E-state index contributed by atoms with van der Waals surface area (Å²) in [6, 6.07) is 10.6. The second-order valence-corrected chi connectivity index (χ2v) is 8.56. The summed E-state index contributed by atoms with van der Waals surface area (Å²) in [6.07, 6.45) is 1.53. The van der Waals surface area contributed by atoms with Gasteiger partial charge in [-0.1, -0.05) is 18.2 Å². The van der Waals surface area contributed by atoms with Crippen LogP contribution in [0.5, 0.6) is 11.5 Å². The Morgan fingerprint density at radius 1 is 1.09 bits per heavy atom. The van der Waals surface area contributed by atoms with Gasteiger partial charge in [0, 0.05) is 5.69 Å². The van der Waals surface area contributed by atoms with E-state index in [0.717, 1.165) is 33.5 Å². The zero-order valence-corrected chi connectivity index (χ0v) is 20.7. The Bertz CT molecular complexity index is 1190. The number of ether oxygens (including phenoxy) is 3. The van der Waals surface area contributed by atoms with Crippen molar-refractivity contribution >= 4 is 46.5 Å². The first-order chi connectivity index (χ1) is 16.7. The van der Waals surface area contributed by atoms with Gasteiger partial charge in [0.15, 0.2) is 18.1 Å². The normalized spacial score (nSPS) is 14.3. The van der Waals surface area contributed by atoms with Crippen LogP contribution in [0.25, 0.3) is 6.08 Å². The Morgan fingerprint density at radius 2 is 1.86 bits per heavy atom. The highest BCUT2D eigenvalue weighted by Crippen LogP contribution is 2.34. The van der Waals surface area contributed by atoms with Gasteiger partial charge in [0.05, 0.1) is 18.6 Å². The Kier molecular flexibility index (Phi) is 8.53. The fourth-order valence-corrected chi connectivity index (χ4v) is 4.04. The van der Waals surface area contributed by atoms with Gasteiger partial charge in [0.1, 0.15) is 6.54 Å². The topological polar surface area (TPSA) is 111 Å². The minimum absolute atomic E-state index is 0.169. The molecule has 0 saturated carbocycles. The summed E-state index contributed by atoms with van der Waals surface area (Å²) in [4.78, 5) is 49.5. The number of methoxy groups -OCH3 is 1. The standard InChI is InChI=1S/C25H26N2O7S/c1-5-33-20-11-17(12-21-24(30)27(25(31)35-21)13-23(29)32-4)9-10-19(20)34-14-22(28)26-18-8-6-7-15(2)16(18)3/h6-12H,5,13-14H2,1-4H3,(H,26,28)/b21-12-. The Morgan fingerprint density at radius 3 is 2.57 bits per heavy atom. The predicted octanol–water partition coefficient (Wildman–Crippen LogP) is 3.93. The van der Waals surface area contributed by atoms with Crippen LogP contribution in [-0.2, 0) is 19.1 Å². The summed E-state index contributed by atoms with van der Waals surface area (Å²) in [5.74, 6) is -0.833. The van der Waals surface area contributed by atoms with Gasteiger partial charge < -0.3 is 19.5 Å². The number of imide groups is 1. The third kappa shape index (κ3) is 6.42. The number of anilines is 1. The fraction of sp³-hybridized carbons (Fsp3) is 0.280. The molecule has 1 aliphatic rings. The molecule has 1 fully saturated rings. The summed E-state index contributed by atoms with van der Waals surface area (Å²) in [5, 5.41) is 2.29. The third-order valence-electron chi connectivity index (χ3n) is 5.19. The maximum absolute atomic E-state index is 12.5. The van der Waals surface area contributed by atoms with Crippen LogP contribution >= 0.6 is 11.8 Å². The van der Waals surface area contributed by atoms with Crippen molar-refractivity contribution in [2.75, 3.05) is 32.2 Å². The van der Waals surface area contributed by atoms with Gasteiger partial charge in [0.2, 0.25) is 0 Å². The van der Waals surface area contributed by atoms with E-state index < -0.39 is 23.7 Å². The molecule has 1 heterocycles. The lowest BCUT2D eigenvalue weighted by Crippen LogP contribution is -2.34. The minimum Gasteiger partial charge on any atom is -0.490 e. The van der Waals surface area contributed by atoms with Crippen LogP contribution in [0.15, 0.2) is 41.3 Å². The quantitative estimate of drug-likeness (QED) is 0.409. The summed E-state index contributed by atoms with van der Waals surface area (Å²) < 4.78 is 15.9. The molecule has 35 heavy (non-hydrogen) atoms. The predicted molar refractivity (Wildman–Crippen MR) is 132 cm³/mol. The van der Waals surface area contributed by atoms with E-state index in [2.05, 4.69) is 10.1 Å². The number of rotatable bonds is 9. The molecule has 0 bridgehead atoms. The highest BCUT2D eigenvalue weighted by atomic mass is 32.2. The lowest BCUT2D eigenvalue weighted by molar-refractivity contribution is -0.143. The number of carbonyl (C=O) groups is 4. The van der Waals surface area contributed by atoms with E-state index in [9.17, 15) is 19.2 Å². The zero-order chi connectivity index (χ0) is 25.5. The Hall–Kier alpha value is -3.79. The maximum Gasteiger partial charge on any atom is 0.325 e. The van der Waals surface area contributed by atoms with Crippen LogP contribution in [0, 0.1) is 13.8 Å². The molecule has 0 unspecified atom stereocenters. The smallest absolute Gasteiger partial charge is 0.325 e. The number of esters is 1. The molecular weight excluding hydrogens is 472 g/mol. The summed E-state index contributed by atoms with van der Waals surface area (Å²) in [6.45, 7) is 5.39. The van der Waals surface area contributed by atoms with E-state index in [0.29, 0.717) is 23.7 Å². The average Bonchev–Trinajstić information content (AvgIpc) is 3.08. The highest BCUT2D eigenvalue weighted by molar-refractivity contribution is 8.18. The molecule has 1 N–H and O–H groups in total. The van der Waals surface area contributed by atoms with Gasteiger partial charge in [-0.05, 0) is 73.5 Å². The number of thioether (sulfide) groups is 1. The van der Waals surface area contributed by atoms with Crippen molar-refractivity contribution in [1.29, 1.82) is 0 Å². The SMILES string of the molecule is CCOc1cc(/C=C2\SC(=O)N(CC(=O)OC)C2=O)ccc1OCC(=O)Nc1cccc(C)c1C. The molecule has 1 aliphatic heterocycles. The molecule has 0 atom stereocenters. The van der Waals surface area contributed by atoms with Crippen molar-refractivity contribution in [3.05, 3.63) is 58.0 Å². The van der Waals surface area contributed by atoms with E-state index in [1.165, 1.54) is 13.2 Å². The molecule has 3 rings (SSSR count). The minimum atomic E-state index is -0.685. The molecular formula is C25H26N2O7S. The maximum atomic E-state index is 12.5. The number of hydrogen-bond acceptors (Lipinski definition) is 8. The van der Waals surface area contributed by atoms with Crippen LogP contribution in [0.2, 0.25) is 0 Å². The van der Waals surface area contributed by atoms with E-state index in [-0.39, 0.29) is 17.4 Å². The Balaban J connectivity index is 1.71.